The number of H-pyrrole nitrogens is 1. The Bertz CT molecular complexity index is 756. The summed E-state index contributed by atoms with van der Waals surface area (Å²) in [7, 11) is 0. The molecule has 3 aromatic rings. The van der Waals surface area contributed by atoms with Crippen molar-refractivity contribution < 1.29 is 0 Å². The standard InChI is InChI=1S/C9H6ClN5S2/c1-4-11-12-9(16)15(4)8-5(10)2-3-6-7(8)14-17-13-6/h2-3H,1H3,(H,12,16). The van der Waals surface area contributed by atoms with E-state index in [0.29, 0.717) is 9.79 Å². The van der Waals surface area contributed by atoms with Crippen molar-refractivity contribution in [3.05, 3.63) is 27.8 Å². The Balaban J connectivity index is 2.48. The lowest BCUT2D eigenvalue weighted by Gasteiger charge is -2.06. The van der Waals surface area contributed by atoms with Gasteiger partial charge in [-0.2, -0.15) is 13.8 Å². The Kier molecular flexibility index (Phi) is 2.46. The fraction of sp³-hybridized carbons (Fsp3) is 0.111. The number of nitrogens with zero attached hydrogens (tertiary/aromatic N) is 4. The van der Waals surface area contributed by atoms with Crippen LogP contribution in [0.15, 0.2) is 12.1 Å². The summed E-state index contributed by atoms with van der Waals surface area (Å²) in [5, 5.41) is 7.37. The van der Waals surface area contributed by atoms with E-state index in [2.05, 4.69) is 18.9 Å². The molecule has 0 aliphatic carbocycles. The molecule has 1 aromatic carbocycles. The van der Waals surface area contributed by atoms with Gasteiger partial charge < -0.3 is 0 Å². The van der Waals surface area contributed by atoms with Crippen molar-refractivity contribution in [1.29, 1.82) is 0 Å². The number of nitrogens with one attached hydrogen (secondary N) is 1. The van der Waals surface area contributed by atoms with Gasteiger partial charge in [0, 0.05) is 0 Å². The largest absolute Gasteiger partial charge is 0.269 e. The second kappa shape index (κ2) is 3.86. The molecule has 5 nitrogen and oxygen atoms in total. The van der Waals surface area contributed by atoms with Gasteiger partial charge in [-0.05, 0) is 31.3 Å². The predicted octanol–water partition coefficient (Wildman–Crippen LogP) is 2.90. The third-order valence-corrected chi connectivity index (χ3v) is 3.54. The zero-order valence-electron chi connectivity index (χ0n) is 8.64. The van der Waals surface area contributed by atoms with E-state index < -0.39 is 0 Å². The molecular formula is C9H6ClN5S2. The van der Waals surface area contributed by atoms with Gasteiger partial charge in [0.25, 0.3) is 0 Å². The molecule has 3 rings (SSSR count). The van der Waals surface area contributed by atoms with Crippen LogP contribution in [0, 0.1) is 11.7 Å². The van der Waals surface area contributed by atoms with Crippen molar-refractivity contribution in [2.45, 2.75) is 6.92 Å². The predicted molar refractivity (Wildman–Crippen MR) is 69.5 cm³/mol. The molecule has 0 amide bonds. The molecule has 2 heterocycles. The van der Waals surface area contributed by atoms with Gasteiger partial charge in [0.05, 0.1) is 22.4 Å². The first kappa shape index (κ1) is 10.8. The Morgan fingerprint density at radius 3 is 2.94 bits per heavy atom. The van der Waals surface area contributed by atoms with Crippen LogP contribution < -0.4 is 0 Å². The molecule has 1 N–H and O–H groups in total. The molecule has 0 fully saturated rings. The summed E-state index contributed by atoms with van der Waals surface area (Å²) in [4.78, 5) is 0. The van der Waals surface area contributed by atoms with Crippen molar-refractivity contribution in [3.8, 4) is 5.69 Å². The van der Waals surface area contributed by atoms with Gasteiger partial charge in [-0.1, -0.05) is 11.6 Å². The maximum absolute atomic E-state index is 6.22. The number of aromatic amines is 1. The number of benzene rings is 1. The van der Waals surface area contributed by atoms with Crippen LogP contribution in [0.25, 0.3) is 16.7 Å². The van der Waals surface area contributed by atoms with E-state index in [4.69, 9.17) is 23.8 Å². The van der Waals surface area contributed by atoms with Crippen LogP contribution in [0.2, 0.25) is 5.02 Å². The molecule has 8 heteroatoms. The average molecular weight is 284 g/mol. The van der Waals surface area contributed by atoms with Crippen LogP contribution in [0.5, 0.6) is 0 Å². The van der Waals surface area contributed by atoms with Crippen molar-refractivity contribution in [2.24, 2.45) is 0 Å². The second-order valence-corrected chi connectivity index (χ2v) is 4.76. The van der Waals surface area contributed by atoms with Gasteiger partial charge in [0.15, 0.2) is 4.77 Å². The highest BCUT2D eigenvalue weighted by atomic mass is 35.5. The van der Waals surface area contributed by atoms with Gasteiger partial charge >= 0.3 is 0 Å². The van der Waals surface area contributed by atoms with Crippen molar-refractivity contribution in [3.63, 3.8) is 0 Å². The third kappa shape index (κ3) is 1.58. The van der Waals surface area contributed by atoms with Gasteiger partial charge in [-0.25, -0.2) is 0 Å². The highest BCUT2D eigenvalue weighted by Crippen LogP contribution is 2.29. The number of fused-ring (bicyclic) bond motifs is 1. The number of aryl methyl sites for hydroxylation is 1. The normalized spacial score (nSPS) is 11.2. The zero-order valence-corrected chi connectivity index (χ0v) is 11.0. The maximum Gasteiger partial charge on any atom is 0.199 e. The summed E-state index contributed by atoms with van der Waals surface area (Å²) in [6.07, 6.45) is 0. The number of halogens is 1. The molecule has 17 heavy (non-hydrogen) atoms. The molecule has 0 atom stereocenters. The Hall–Kier alpha value is -1.31. The topological polar surface area (TPSA) is 59.4 Å². The number of rotatable bonds is 1. The summed E-state index contributed by atoms with van der Waals surface area (Å²) in [5.74, 6) is 0.734. The minimum absolute atomic E-state index is 0.491. The quantitative estimate of drug-likeness (QED) is 0.698. The highest BCUT2D eigenvalue weighted by molar-refractivity contribution is 7.71. The molecule has 0 radical (unpaired) electrons. The number of aromatic nitrogens is 5. The lowest BCUT2D eigenvalue weighted by molar-refractivity contribution is 0.969. The fourth-order valence-electron chi connectivity index (χ4n) is 1.67. The highest BCUT2D eigenvalue weighted by Gasteiger charge is 2.14. The first-order valence-electron chi connectivity index (χ1n) is 4.73. The molecule has 0 bridgehead atoms. The molecular weight excluding hydrogens is 278 g/mol. The van der Waals surface area contributed by atoms with Gasteiger partial charge in [0.2, 0.25) is 0 Å². The molecule has 2 aromatic heterocycles. The second-order valence-electron chi connectivity index (χ2n) is 3.44. The monoisotopic (exact) mass is 283 g/mol. The molecule has 0 aliphatic rings. The summed E-state index contributed by atoms with van der Waals surface area (Å²) >= 11 is 12.6. The van der Waals surface area contributed by atoms with E-state index >= 15 is 0 Å². The summed E-state index contributed by atoms with van der Waals surface area (Å²) in [6, 6.07) is 3.62. The fourth-order valence-corrected chi connectivity index (χ4v) is 2.71. The van der Waals surface area contributed by atoms with Crippen molar-refractivity contribution in [1.82, 2.24) is 23.5 Å². The number of hydrogen-bond acceptors (Lipinski definition) is 5. The van der Waals surface area contributed by atoms with Gasteiger partial charge in [-0.15, -0.1) is 0 Å². The van der Waals surface area contributed by atoms with E-state index in [0.717, 1.165) is 34.3 Å². The van der Waals surface area contributed by atoms with Crippen LogP contribution in [0.3, 0.4) is 0 Å². The molecule has 0 unspecified atom stereocenters. The van der Waals surface area contributed by atoms with Crippen LogP contribution in [0.4, 0.5) is 0 Å². The lowest BCUT2D eigenvalue weighted by Crippen LogP contribution is -1.99. The van der Waals surface area contributed by atoms with Crippen molar-refractivity contribution >= 4 is 46.6 Å². The van der Waals surface area contributed by atoms with Crippen LogP contribution in [-0.4, -0.2) is 23.5 Å². The average Bonchev–Trinajstić information content (AvgIpc) is 2.88. The van der Waals surface area contributed by atoms with Gasteiger partial charge in [-0.3, -0.25) is 9.67 Å². The SMILES string of the molecule is Cc1n[nH]c(=S)n1-c1c(Cl)ccc2nsnc12. The molecule has 0 aliphatic heterocycles. The van der Waals surface area contributed by atoms with Crippen molar-refractivity contribution in [2.75, 3.05) is 0 Å². The minimum Gasteiger partial charge on any atom is -0.269 e. The third-order valence-electron chi connectivity index (χ3n) is 2.42. The first-order valence-corrected chi connectivity index (χ1v) is 6.25. The minimum atomic E-state index is 0.491. The zero-order chi connectivity index (χ0) is 12.0. The lowest BCUT2D eigenvalue weighted by atomic mass is 10.2. The molecule has 86 valence electrons. The van der Waals surface area contributed by atoms with Crippen LogP contribution in [-0.2, 0) is 0 Å². The molecule has 0 saturated heterocycles. The molecule has 0 spiro atoms. The summed E-state index contributed by atoms with van der Waals surface area (Å²) in [5.41, 5.74) is 2.27. The number of hydrogen-bond donors (Lipinski definition) is 1. The van der Waals surface area contributed by atoms with E-state index in [1.165, 1.54) is 0 Å². The Labute approximate surface area is 110 Å². The van der Waals surface area contributed by atoms with Crippen LogP contribution in [0.1, 0.15) is 5.82 Å². The van der Waals surface area contributed by atoms with Crippen LogP contribution >= 0.6 is 35.5 Å². The van der Waals surface area contributed by atoms with E-state index in [1.54, 1.807) is 10.6 Å². The first-order chi connectivity index (χ1) is 8.18. The summed E-state index contributed by atoms with van der Waals surface area (Å²) in [6.45, 7) is 1.85. The molecule has 0 saturated carbocycles. The summed E-state index contributed by atoms with van der Waals surface area (Å²) < 4.78 is 10.7. The Morgan fingerprint density at radius 1 is 1.41 bits per heavy atom. The van der Waals surface area contributed by atoms with E-state index in [1.807, 2.05) is 13.0 Å². The van der Waals surface area contributed by atoms with Gasteiger partial charge in [0.1, 0.15) is 16.9 Å². The smallest absolute Gasteiger partial charge is 0.199 e. The maximum atomic E-state index is 6.22. The van der Waals surface area contributed by atoms with E-state index in [-0.39, 0.29) is 0 Å². The Morgan fingerprint density at radius 2 is 2.24 bits per heavy atom. The van der Waals surface area contributed by atoms with E-state index in [9.17, 15) is 0 Å².